The van der Waals surface area contributed by atoms with Gasteiger partial charge in [-0.15, -0.1) is 0 Å². The average molecular weight is 483 g/mol. The van der Waals surface area contributed by atoms with Gasteiger partial charge in [-0.2, -0.15) is 5.10 Å². The molecule has 36 heavy (non-hydrogen) atoms. The van der Waals surface area contributed by atoms with Crippen molar-refractivity contribution in [2.24, 2.45) is 0 Å². The van der Waals surface area contributed by atoms with Gasteiger partial charge in [0.15, 0.2) is 5.82 Å². The summed E-state index contributed by atoms with van der Waals surface area (Å²) in [5, 5.41) is 7.33. The van der Waals surface area contributed by atoms with Crippen molar-refractivity contribution in [2.45, 2.75) is 45.3 Å². The third kappa shape index (κ3) is 4.54. The Labute approximate surface area is 210 Å². The first-order valence-corrected chi connectivity index (χ1v) is 12.3. The first-order chi connectivity index (χ1) is 17.5. The number of hydrogen-bond donors (Lipinski definition) is 1. The van der Waals surface area contributed by atoms with Gasteiger partial charge in [0, 0.05) is 67.5 Å². The molecule has 0 saturated carbocycles. The minimum Gasteiger partial charge on any atom is -0.495 e. The van der Waals surface area contributed by atoms with Gasteiger partial charge in [0.1, 0.15) is 11.6 Å². The predicted molar refractivity (Wildman–Crippen MR) is 137 cm³/mol. The van der Waals surface area contributed by atoms with E-state index in [9.17, 15) is 0 Å². The molecule has 9 heteroatoms. The van der Waals surface area contributed by atoms with Gasteiger partial charge < -0.3 is 9.64 Å². The number of anilines is 1. The number of piperazine rings is 1. The number of piperidine rings is 1. The molecular formula is C27H30N8O. The first kappa shape index (κ1) is 22.6. The number of methoxy groups -OCH3 is 1. The van der Waals surface area contributed by atoms with Crippen LogP contribution in [-0.2, 0) is 13.0 Å². The van der Waals surface area contributed by atoms with Crippen molar-refractivity contribution in [1.82, 2.24) is 35.0 Å². The van der Waals surface area contributed by atoms with Crippen molar-refractivity contribution in [3.8, 4) is 17.1 Å². The van der Waals surface area contributed by atoms with E-state index in [0.29, 0.717) is 24.3 Å². The Morgan fingerprint density at radius 1 is 1.00 bits per heavy atom. The molecule has 7 rings (SSSR count). The lowest BCUT2D eigenvalue weighted by Crippen LogP contribution is -2.68. The molecule has 0 spiro atoms. The molecule has 0 aliphatic carbocycles. The highest BCUT2D eigenvalue weighted by atomic mass is 16.5. The van der Waals surface area contributed by atoms with E-state index in [1.807, 2.05) is 38.4 Å². The number of aromatic amines is 1. The quantitative estimate of drug-likeness (QED) is 0.429. The van der Waals surface area contributed by atoms with Gasteiger partial charge in [-0.25, -0.2) is 15.0 Å². The zero-order chi connectivity index (χ0) is 24.6. The molecule has 3 saturated heterocycles. The number of pyridine rings is 2. The van der Waals surface area contributed by atoms with Crippen molar-refractivity contribution in [1.29, 1.82) is 0 Å². The van der Waals surface area contributed by atoms with Crippen LogP contribution in [0.2, 0.25) is 0 Å². The highest BCUT2D eigenvalue weighted by molar-refractivity contribution is 5.57. The zero-order valence-corrected chi connectivity index (χ0v) is 20.8. The summed E-state index contributed by atoms with van der Waals surface area (Å²) in [6.07, 6.45) is 7.49. The summed E-state index contributed by atoms with van der Waals surface area (Å²) in [6.45, 7) is 6.87. The molecule has 184 valence electrons. The van der Waals surface area contributed by atoms with Gasteiger partial charge in [0.2, 0.25) is 0 Å². The Bertz CT molecular complexity index is 1360. The molecule has 7 heterocycles. The van der Waals surface area contributed by atoms with E-state index in [1.165, 1.54) is 12.0 Å². The lowest BCUT2D eigenvalue weighted by Gasteiger charge is -2.56. The van der Waals surface area contributed by atoms with Crippen LogP contribution in [0.3, 0.4) is 0 Å². The smallest absolute Gasteiger partial charge is 0.161 e. The van der Waals surface area contributed by atoms with Crippen molar-refractivity contribution in [2.75, 3.05) is 25.1 Å². The summed E-state index contributed by atoms with van der Waals surface area (Å²) in [7, 11) is 1.68. The molecule has 1 N–H and O–H groups in total. The van der Waals surface area contributed by atoms with Crippen molar-refractivity contribution >= 4 is 5.82 Å². The van der Waals surface area contributed by atoms with Crippen LogP contribution in [-0.4, -0.2) is 67.3 Å². The number of H-pyrrole nitrogens is 1. The van der Waals surface area contributed by atoms with Crippen molar-refractivity contribution in [3.05, 3.63) is 77.3 Å². The molecule has 2 unspecified atom stereocenters. The van der Waals surface area contributed by atoms with Crippen LogP contribution >= 0.6 is 0 Å². The zero-order valence-electron chi connectivity index (χ0n) is 20.8. The van der Waals surface area contributed by atoms with Crippen molar-refractivity contribution < 1.29 is 4.74 Å². The highest BCUT2D eigenvalue weighted by Gasteiger charge is 2.44. The fourth-order valence-corrected chi connectivity index (χ4v) is 5.31. The molecule has 3 aliphatic rings. The molecule has 4 aromatic rings. The second-order valence-electron chi connectivity index (χ2n) is 9.80. The van der Waals surface area contributed by atoms with Crippen LogP contribution in [0.5, 0.6) is 5.75 Å². The predicted octanol–water partition coefficient (Wildman–Crippen LogP) is 3.34. The fraction of sp³-hybridized carbons (Fsp3) is 0.370. The SMILES string of the molecule is COc1cncc(CN2C3CC2CN(c2ccc(-c4nc(C)cc(Cc5cc(C)[nH]n5)n4)cn2)C3)c1. The average Bonchev–Trinajstić information content (AvgIpc) is 3.31. The van der Waals surface area contributed by atoms with Crippen LogP contribution in [0.25, 0.3) is 11.4 Å². The monoisotopic (exact) mass is 482 g/mol. The summed E-state index contributed by atoms with van der Waals surface area (Å²) in [5.41, 5.74) is 6.04. The minimum absolute atomic E-state index is 0.532. The van der Waals surface area contributed by atoms with Gasteiger partial charge >= 0.3 is 0 Å². The van der Waals surface area contributed by atoms with Crippen molar-refractivity contribution in [3.63, 3.8) is 0 Å². The maximum atomic E-state index is 5.33. The molecule has 0 aromatic carbocycles. The maximum absolute atomic E-state index is 5.33. The van der Waals surface area contributed by atoms with E-state index in [2.05, 4.69) is 48.2 Å². The third-order valence-corrected chi connectivity index (χ3v) is 7.07. The molecule has 2 atom stereocenters. The third-order valence-electron chi connectivity index (χ3n) is 7.07. The van der Waals surface area contributed by atoms with Crippen LogP contribution in [0.4, 0.5) is 5.82 Å². The van der Waals surface area contributed by atoms with Gasteiger partial charge in [-0.05, 0) is 56.2 Å². The highest BCUT2D eigenvalue weighted by Crippen LogP contribution is 2.35. The summed E-state index contributed by atoms with van der Waals surface area (Å²) in [4.78, 5) is 23.5. The van der Waals surface area contributed by atoms with E-state index < -0.39 is 0 Å². The Hall–Kier alpha value is -3.85. The van der Waals surface area contributed by atoms with Crippen LogP contribution in [0, 0.1) is 13.8 Å². The lowest BCUT2D eigenvalue weighted by molar-refractivity contribution is -0.00879. The van der Waals surface area contributed by atoms with Crippen LogP contribution in [0.15, 0.2) is 48.9 Å². The number of nitrogens with zero attached hydrogens (tertiary/aromatic N) is 7. The maximum Gasteiger partial charge on any atom is 0.161 e. The Balaban J connectivity index is 1.12. The van der Waals surface area contributed by atoms with Gasteiger partial charge in [-0.3, -0.25) is 15.0 Å². The number of aromatic nitrogens is 6. The Kier molecular flexibility index (Phi) is 5.85. The molecule has 9 nitrogen and oxygen atoms in total. The number of rotatable bonds is 7. The van der Waals surface area contributed by atoms with Crippen LogP contribution < -0.4 is 9.64 Å². The molecule has 2 bridgehead atoms. The Morgan fingerprint density at radius 3 is 2.58 bits per heavy atom. The summed E-state index contributed by atoms with van der Waals surface area (Å²) < 4.78 is 5.33. The van der Waals surface area contributed by atoms with E-state index in [0.717, 1.165) is 59.5 Å². The van der Waals surface area contributed by atoms with Gasteiger partial charge in [-0.1, -0.05) is 0 Å². The van der Waals surface area contributed by atoms with Crippen LogP contribution in [0.1, 0.15) is 34.8 Å². The molecular weight excluding hydrogens is 452 g/mol. The first-order valence-electron chi connectivity index (χ1n) is 12.3. The number of aryl methyl sites for hydroxylation is 2. The van der Waals surface area contributed by atoms with E-state index in [4.69, 9.17) is 14.7 Å². The topological polar surface area (TPSA) is 96.0 Å². The second-order valence-corrected chi connectivity index (χ2v) is 9.80. The van der Waals surface area contributed by atoms with Gasteiger partial charge in [0.05, 0.1) is 24.7 Å². The number of ether oxygens (including phenoxy) is 1. The molecule has 0 radical (unpaired) electrons. The molecule has 0 amide bonds. The number of nitrogens with one attached hydrogen (secondary N) is 1. The van der Waals surface area contributed by atoms with E-state index >= 15 is 0 Å². The molecule has 3 aliphatic heterocycles. The number of fused-ring (bicyclic) bond motifs is 2. The van der Waals surface area contributed by atoms with E-state index in [-0.39, 0.29) is 0 Å². The largest absolute Gasteiger partial charge is 0.495 e. The standard InChI is InChI=1S/C27H30N8O/c1-17-6-21(9-22-7-18(2)32-33-22)31-27(30-17)20-4-5-26(29-12-20)34-15-23-10-24(16-34)35(23)14-19-8-25(36-3)13-28-11-19/h4-8,11-13,23-24H,9-10,14-16H2,1-3H3,(H,32,33). The number of hydrogen-bond acceptors (Lipinski definition) is 8. The molecule has 3 fully saturated rings. The second kappa shape index (κ2) is 9.31. The lowest BCUT2D eigenvalue weighted by atomic mass is 9.87. The fourth-order valence-electron chi connectivity index (χ4n) is 5.31. The van der Waals surface area contributed by atoms with E-state index in [1.54, 1.807) is 13.3 Å². The summed E-state index contributed by atoms with van der Waals surface area (Å²) in [6, 6.07) is 11.4. The van der Waals surface area contributed by atoms with Gasteiger partial charge in [0.25, 0.3) is 0 Å². The molecule has 4 aromatic heterocycles. The Morgan fingerprint density at radius 2 is 1.86 bits per heavy atom. The summed E-state index contributed by atoms with van der Waals surface area (Å²) in [5.74, 6) is 2.52. The summed E-state index contributed by atoms with van der Waals surface area (Å²) >= 11 is 0. The minimum atomic E-state index is 0.532. The normalized spacial score (nSPS) is 19.2.